The summed E-state index contributed by atoms with van der Waals surface area (Å²) in [5, 5.41) is 0. The highest BCUT2D eigenvalue weighted by atomic mass is 16.5. The third kappa shape index (κ3) is 4.39. The molecule has 0 aromatic heterocycles. The third-order valence-electron chi connectivity index (χ3n) is 3.49. The van der Waals surface area contributed by atoms with Gasteiger partial charge in [-0.3, -0.25) is 0 Å². The van der Waals surface area contributed by atoms with Crippen LogP contribution in [-0.2, 0) is 0 Å². The molecule has 1 heterocycles. The lowest BCUT2D eigenvalue weighted by Crippen LogP contribution is -3.12. The first-order valence-electron chi connectivity index (χ1n) is 6.87. The van der Waals surface area contributed by atoms with Crippen LogP contribution in [-0.4, -0.2) is 26.2 Å². The van der Waals surface area contributed by atoms with Gasteiger partial charge >= 0.3 is 0 Å². The lowest BCUT2D eigenvalue weighted by Gasteiger charge is -2.23. The fourth-order valence-electron chi connectivity index (χ4n) is 2.52. The molecule has 1 aromatic carbocycles. The van der Waals surface area contributed by atoms with E-state index in [0.29, 0.717) is 0 Å². The van der Waals surface area contributed by atoms with Crippen LogP contribution >= 0.6 is 0 Å². The maximum Gasteiger partial charge on any atom is 0.119 e. The van der Waals surface area contributed by atoms with Crippen molar-refractivity contribution in [2.24, 2.45) is 0 Å². The first-order chi connectivity index (χ1) is 8.34. The van der Waals surface area contributed by atoms with Crippen LogP contribution in [0.1, 0.15) is 31.2 Å². The van der Waals surface area contributed by atoms with Crippen molar-refractivity contribution in [3.63, 3.8) is 0 Å². The summed E-state index contributed by atoms with van der Waals surface area (Å²) >= 11 is 0. The third-order valence-corrected chi connectivity index (χ3v) is 3.49. The smallest absolute Gasteiger partial charge is 0.119 e. The van der Waals surface area contributed by atoms with Gasteiger partial charge in [-0.05, 0) is 43.9 Å². The molecule has 0 aliphatic carbocycles. The van der Waals surface area contributed by atoms with Gasteiger partial charge in [0.2, 0.25) is 0 Å². The zero-order valence-corrected chi connectivity index (χ0v) is 10.9. The molecule has 1 aliphatic heterocycles. The summed E-state index contributed by atoms with van der Waals surface area (Å²) in [4.78, 5) is 1.77. The van der Waals surface area contributed by atoms with Crippen molar-refractivity contribution < 1.29 is 9.64 Å². The lowest BCUT2D eigenvalue weighted by atomic mass is 10.1. The van der Waals surface area contributed by atoms with E-state index in [0.717, 1.165) is 12.4 Å². The van der Waals surface area contributed by atoms with E-state index < -0.39 is 0 Å². The van der Waals surface area contributed by atoms with Gasteiger partial charge in [-0.1, -0.05) is 12.1 Å². The Kier molecular flexibility index (Phi) is 4.87. The number of ether oxygens (including phenoxy) is 1. The number of hydrogen-bond acceptors (Lipinski definition) is 1. The van der Waals surface area contributed by atoms with Gasteiger partial charge in [0.25, 0.3) is 0 Å². The van der Waals surface area contributed by atoms with Gasteiger partial charge in [0.05, 0.1) is 26.2 Å². The Labute approximate surface area is 105 Å². The van der Waals surface area contributed by atoms with Gasteiger partial charge in [0.15, 0.2) is 0 Å². The summed E-state index contributed by atoms with van der Waals surface area (Å²) in [6.45, 7) is 6.96. The van der Waals surface area contributed by atoms with Crippen LogP contribution in [0.2, 0.25) is 0 Å². The average Bonchev–Trinajstić information content (AvgIpc) is 2.36. The van der Waals surface area contributed by atoms with Crippen molar-refractivity contribution in [3.05, 3.63) is 29.8 Å². The van der Waals surface area contributed by atoms with E-state index in [4.69, 9.17) is 4.74 Å². The second-order valence-electron chi connectivity index (χ2n) is 5.08. The van der Waals surface area contributed by atoms with Gasteiger partial charge in [-0.15, -0.1) is 0 Å². The molecule has 0 radical (unpaired) electrons. The second kappa shape index (κ2) is 6.65. The molecule has 1 saturated heterocycles. The molecule has 1 N–H and O–H groups in total. The quantitative estimate of drug-likeness (QED) is 0.767. The lowest BCUT2D eigenvalue weighted by molar-refractivity contribution is -0.905. The fraction of sp³-hybridized carbons (Fsp3) is 0.600. The minimum Gasteiger partial charge on any atom is -0.493 e. The Balaban J connectivity index is 1.62. The van der Waals surface area contributed by atoms with Gasteiger partial charge < -0.3 is 9.64 Å². The van der Waals surface area contributed by atoms with Gasteiger partial charge in [0, 0.05) is 6.42 Å². The average molecular weight is 234 g/mol. The summed E-state index contributed by atoms with van der Waals surface area (Å²) < 4.78 is 5.76. The minimum atomic E-state index is 0.854. The molecule has 0 unspecified atom stereocenters. The maximum absolute atomic E-state index is 5.76. The maximum atomic E-state index is 5.76. The van der Waals surface area contributed by atoms with E-state index in [1.54, 1.807) is 4.90 Å². The molecule has 0 atom stereocenters. The van der Waals surface area contributed by atoms with Crippen LogP contribution in [0.25, 0.3) is 0 Å². The zero-order chi connectivity index (χ0) is 11.9. The van der Waals surface area contributed by atoms with E-state index in [2.05, 4.69) is 25.1 Å². The van der Waals surface area contributed by atoms with E-state index in [1.807, 2.05) is 6.07 Å². The molecule has 0 amide bonds. The molecule has 1 aliphatic rings. The van der Waals surface area contributed by atoms with Gasteiger partial charge in [-0.2, -0.15) is 0 Å². The molecule has 94 valence electrons. The molecular formula is C15H24NO+. The number of rotatable bonds is 5. The SMILES string of the molecule is Cc1cccc(OCCC[NH+]2CCCCC2)c1. The van der Waals surface area contributed by atoms with E-state index >= 15 is 0 Å². The van der Waals surface area contributed by atoms with Crippen LogP contribution in [0, 0.1) is 6.92 Å². The highest BCUT2D eigenvalue weighted by Gasteiger charge is 2.12. The molecule has 2 nitrogen and oxygen atoms in total. The predicted molar refractivity (Wildman–Crippen MR) is 70.7 cm³/mol. The van der Waals surface area contributed by atoms with Crippen molar-refractivity contribution >= 4 is 0 Å². The molecule has 0 bridgehead atoms. The summed E-state index contributed by atoms with van der Waals surface area (Å²) in [6, 6.07) is 8.31. The number of benzene rings is 1. The highest BCUT2D eigenvalue weighted by Crippen LogP contribution is 2.12. The normalized spacial score (nSPS) is 17.0. The van der Waals surface area contributed by atoms with Gasteiger partial charge in [-0.25, -0.2) is 0 Å². The number of hydrogen-bond donors (Lipinski definition) is 1. The van der Waals surface area contributed by atoms with E-state index in [9.17, 15) is 0 Å². The highest BCUT2D eigenvalue weighted by molar-refractivity contribution is 5.27. The summed E-state index contributed by atoms with van der Waals surface area (Å²) in [6.07, 6.45) is 5.43. The zero-order valence-electron chi connectivity index (χ0n) is 10.9. The number of likely N-dealkylation sites (tertiary alicyclic amines) is 1. The molecule has 17 heavy (non-hydrogen) atoms. The summed E-state index contributed by atoms with van der Waals surface area (Å²) in [5.74, 6) is 1.01. The van der Waals surface area contributed by atoms with Crippen LogP contribution in [0.4, 0.5) is 0 Å². The Hall–Kier alpha value is -1.02. The predicted octanol–water partition coefficient (Wildman–Crippen LogP) is 1.83. The monoisotopic (exact) mass is 234 g/mol. The molecule has 2 heteroatoms. The second-order valence-corrected chi connectivity index (χ2v) is 5.08. The molecule has 0 saturated carbocycles. The van der Waals surface area contributed by atoms with Gasteiger partial charge in [0.1, 0.15) is 5.75 Å². The number of nitrogens with one attached hydrogen (secondary N) is 1. The van der Waals surface area contributed by atoms with Crippen LogP contribution in [0.3, 0.4) is 0 Å². The van der Waals surface area contributed by atoms with Crippen molar-refractivity contribution in [2.45, 2.75) is 32.6 Å². The first-order valence-corrected chi connectivity index (χ1v) is 6.87. The van der Waals surface area contributed by atoms with E-state index in [1.165, 1.54) is 50.9 Å². The Morgan fingerprint density at radius 2 is 2.00 bits per heavy atom. The minimum absolute atomic E-state index is 0.854. The van der Waals surface area contributed by atoms with Crippen molar-refractivity contribution in [1.82, 2.24) is 0 Å². The first kappa shape index (κ1) is 12.4. The number of quaternary nitrogens is 1. The van der Waals surface area contributed by atoms with Crippen LogP contribution in [0.5, 0.6) is 5.75 Å². The van der Waals surface area contributed by atoms with Crippen LogP contribution < -0.4 is 9.64 Å². The standard InChI is InChI=1S/C15H23NO/c1-14-7-5-8-15(13-14)17-12-6-11-16-9-3-2-4-10-16/h5,7-8,13H,2-4,6,9-12H2,1H3/p+1. The largest absolute Gasteiger partial charge is 0.493 e. The summed E-state index contributed by atoms with van der Waals surface area (Å²) in [7, 11) is 0. The Morgan fingerprint density at radius 3 is 2.76 bits per heavy atom. The Morgan fingerprint density at radius 1 is 1.18 bits per heavy atom. The van der Waals surface area contributed by atoms with Crippen molar-refractivity contribution in [2.75, 3.05) is 26.2 Å². The fourth-order valence-corrected chi connectivity index (χ4v) is 2.52. The molecular weight excluding hydrogens is 210 g/mol. The number of piperidine rings is 1. The topological polar surface area (TPSA) is 13.7 Å². The molecule has 0 spiro atoms. The molecule has 1 fully saturated rings. The van der Waals surface area contributed by atoms with Crippen molar-refractivity contribution in [1.29, 1.82) is 0 Å². The van der Waals surface area contributed by atoms with Crippen LogP contribution in [0.15, 0.2) is 24.3 Å². The van der Waals surface area contributed by atoms with Crippen molar-refractivity contribution in [3.8, 4) is 5.75 Å². The summed E-state index contributed by atoms with van der Waals surface area (Å²) in [5.41, 5.74) is 1.27. The molecule has 2 rings (SSSR count). The Bertz CT molecular complexity index is 331. The van der Waals surface area contributed by atoms with E-state index in [-0.39, 0.29) is 0 Å². The molecule has 1 aromatic rings. The number of aryl methyl sites for hydroxylation is 1.